The molecular weight excluding hydrogens is 363 g/mol. The average molecular weight is 403 g/mol. The first-order valence-electron chi connectivity index (χ1n) is 11.2. The normalized spacial score (nSPS) is 18.5. The first-order valence-corrected chi connectivity index (χ1v) is 11.2. The summed E-state index contributed by atoms with van der Waals surface area (Å²) in [6.45, 7) is 16.3. The highest BCUT2D eigenvalue weighted by Crippen LogP contribution is 2.33. The molecule has 1 atom stereocenters. The molecule has 1 saturated heterocycles. The van der Waals surface area contributed by atoms with Crippen LogP contribution in [0.15, 0.2) is 35.9 Å². The summed E-state index contributed by atoms with van der Waals surface area (Å²) >= 11 is 0. The molecule has 1 aromatic carbocycles. The molecule has 1 heterocycles. The molecule has 1 unspecified atom stereocenters. The van der Waals surface area contributed by atoms with Crippen LogP contribution in [0.25, 0.3) is 0 Å². The maximum absolute atomic E-state index is 13.3. The number of hydrogen-bond donors (Lipinski definition) is 0. The Bertz CT molecular complexity index is 679. The van der Waals surface area contributed by atoms with Crippen molar-refractivity contribution >= 4 is 5.91 Å². The Morgan fingerprint density at radius 2 is 1.66 bits per heavy atom. The van der Waals surface area contributed by atoms with Gasteiger partial charge in [0, 0.05) is 38.1 Å². The minimum Gasteiger partial charge on any atom is -0.340 e. The maximum Gasteiger partial charge on any atom is 0.225 e. The second-order valence-corrected chi connectivity index (χ2v) is 9.04. The molecule has 1 amide bonds. The van der Waals surface area contributed by atoms with Gasteiger partial charge in [0.25, 0.3) is 0 Å². The van der Waals surface area contributed by atoms with Gasteiger partial charge in [-0.15, -0.1) is 0 Å². The number of carbonyl (C=O) groups is 1. The van der Waals surface area contributed by atoms with Crippen LogP contribution >= 0.6 is 0 Å². The van der Waals surface area contributed by atoms with E-state index < -0.39 is 0 Å². The summed E-state index contributed by atoms with van der Waals surface area (Å²) in [7, 11) is 0. The van der Waals surface area contributed by atoms with E-state index in [0.29, 0.717) is 17.9 Å². The molecule has 0 spiro atoms. The number of amides is 1. The Hall–Kier alpha value is -1.68. The van der Waals surface area contributed by atoms with Gasteiger partial charge in [-0.25, -0.2) is 4.39 Å². The Morgan fingerprint density at radius 1 is 1.10 bits per heavy atom. The molecular formula is C25H39FN2O. The van der Waals surface area contributed by atoms with Gasteiger partial charge in [-0.3, -0.25) is 9.69 Å². The molecule has 3 rings (SSSR count). The minimum absolute atomic E-state index is 0.0503. The summed E-state index contributed by atoms with van der Waals surface area (Å²) in [6.07, 6.45) is 5.47. The topological polar surface area (TPSA) is 23.6 Å². The van der Waals surface area contributed by atoms with Crippen molar-refractivity contribution in [2.45, 2.75) is 72.3 Å². The third-order valence-electron chi connectivity index (χ3n) is 5.89. The van der Waals surface area contributed by atoms with Gasteiger partial charge >= 0.3 is 0 Å². The number of carbonyl (C=O) groups excluding carboxylic acids is 1. The van der Waals surface area contributed by atoms with Gasteiger partial charge in [0.05, 0.1) is 0 Å². The number of allylic oxidation sites excluding steroid dienone is 1. The summed E-state index contributed by atoms with van der Waals surface area (Å²) < 4.78 is 13.3. The predicted molar refractivity (Wildman–Crippen MR) is 119 cm³/mol. The Morgan fingerprint density at radius 3 is 2.14 bits per heavy atom. The number of halogens is 1. The number of piperazine rings is 1. The van der Waals surface area contributed by atoms with Crippen LogP contribution in [0.2, 0.25) is 0 Å². The number of benzene rings is 1. The standard InChI is InChI=1S/C23H33FN2O.C2H6/c1-17(2)15-21(16-23(3,4)19-7-9-20(24)10-8-19)25-11-13-26(14-12-25)22(27)18-5-6-18;1-2/h7-10,15,18,21H,5-6,11-14,16H2,1-4H3;1-2H3. The van der Waals surface area contributed by atoms with Crippen LogP contribution in [-0.4, -0.2) is 47.9 Å². The zero-order valence-electron chi connectivity index (χ0n) is 19.2. The highest BCUT2D eigenvalue weighted by atomic mass is 19.1. The lowest BCUT2D eigenvalue weighted by atomic mass is 9.78. The van der Waals surface area contributed by atoms with E-state index in [4.69, 9.17) is 0 Å². The second-order valence-electron chi connectivity index (χ2n) is 9.04. The Balaban J connectivity index is 0.00000145. The molecule has 1 saturated carbocycles. The lowest BCUT2D eigenvalue weighted by Gasteiger charge is -2.41. The largest absolute Gasteiger partial charge is 0.340 e. The van der Waals surface area contributed by atoms with Gasteiger partial charge in [0.1, 0.15) is 5.82 Å². The number of rotatable bonds is 6. The monoisotopic (exact) mass is 402 g/mol. The molecule has 29 heavy (non-hydrogen) atoms. The van der Waals surface area contributed by atoms with Gasteiger partial charge in [0.15, 0.2) is 0 Å². The fraction of sp³-hybridized carbons (Fsp3) is 0.640. The van der Waals surface area contributed by atoms with Crippen LogP contribution in [0.4, 0.5) is 4.39 Å². The quantitative estimate of drug-likeness (QED) is 0.594. The van der Waals surface area contributed by atoms with E-state index in [9.17, 15) is 9.18 Å². The van der Waals surface area contributed by atoms with Crippen molar-refractivity contribution in [2.75, 3.05) is 26.2 Å². The Labute approximate surface area is 177 Å². The average Bonchev–Trinajstić information content (AvgIpc) is 3.54. The lowest BCUT2D eigenvalue weighted by Crippen LogP contribution is -2.52. The fourth-order valence-electron chi connectivity index (χ4n) is 4.08. The fourth-order valence-corrected chi connectivity index (χ4v) is 4.08. The molecule has 1 aliphatic heterocycles. The van der Waals surface area contributed by atoms with E-state index in [1.807, 2.05) is 26.0 Å². The first-order chi connectivity index (χ1) is 13.8. The van der Waals surface area contributed by atoms with E-state index >= 15 is 0 Å². The van der Waals surface area contributed by atoms with Crippen LogP contribution < -0.4 is 0 Å². The smallest absolute Gasteiger partial charge is 0.225 e. The van der Waals surface area contributed by atoms with Gasteiger partial charge in [-0.05, 0) is 56.2 Å². The van der Waals surface area contributed by atoms with Gasteiger partial charge in [-0.1, -0.05) is 51.5 Å². The molecule has 3 nitrogen and oxygen atoms in total. The van der Waals surface area contributed by atoms with Crippen LogP contribution in [0.1, 0.15) is 66.4 Å². The number of hydrogen-bond acceptors (Lipinski definition) is 2. The summed E-state index contributed by atoms with van der Waals surface area (Å²) in [5.41, 5.74) is 2.43. The van der Waals surface area contributed by atoms with Crippen LogP contribution in [-0.2, 0) is 10.2 Å². The minimum atomic E-state index is -0.188. The van der Waals surface area contributed by atoms with Crippen molar-refractivity contribution in [3.8, 4) is 0 Å². The summed E-state index contributed by atoms with van der Waals surface area (Å²) in [6, 6.07) is 7.24. The third-order valence-corrected chi connectivity index (χ3v) is 5.89. The molecule has 162 valence electrons. The van der Waals surface area contributed by atoms with Crippen LogP contribution in [0.5, 0.6) is 0 Å². The molecule has 0 N–H and O–H groups in total. The molecule has 0 aromatic heterocycles. The van der Waals surface area contributed by atoms with Crippen molar-refractivity contribution < 1.29 is 9.18 Å². The summed E-state index contributed by atoms with van der Waals surface area (Å²) in [5, 5.41) is 0. The van der Waals surface area contributed by atoms with E-state index in [0.717, 1.165) is 45.4 Å². The van der Waals surface area contributed by atoms with E-state index in [-0.39, 0.29) is 11.2 Å². The highest BCUT2D eigenvalue weighted by molar-refractivity contribution is 5.81. The first kappa shape index (κ1) is 23.6. The maximum atomic E-state index is 13.3. The van der Waals surface area contributed by atoms with Crippen molar-refractivity contribution in [3.63, 3.8) is 0 Å². The third kappa shape index (κ3) is 6.67. The highest BCUT2D eigenvalue weighted by Gasteiger charge is 2.36. The van der Waals surface area contributed by atoms with Crippen molar-refractivity contribution in [1.82, 2.24) is 9.80 Å². The van der Waals surface area contributed by atoms with Gasteiger partial charge in [0.2, 0.25) is 5.91 Å². The van der Waals surface area contributed by atoms with Crippen molar-refractivity contribution in [1.29, 1.82) is 0 Å². The summed E-state index contributed by atoms with van der Waals surface area (Å²) in [4.78, 5) is 16.9. The second kappa shape index (κ2) is 10.4. The van der Waals surface area contributed by atoms with Gasteiger partial charge in [-0.2, -0.15) is 0 Å². The molecule has 1 aliphatic carbocycles. The zero-order chi connectivity index (χ0) is 21.6. The zero-order valence-corrected chi connectivity index (χ0v) is 19.2. The molecule has 0 radical (unpaired) electrons. The molecule has 4 heteroatoms. The van der Waals surface area contributed by atoms with E-state index in [1.54, 1.807) is 12.1 Å². The van der Waals surface area contributed by atoms with Crippen LogP contribution in [0, 0.1) is 11.7 Å². The molecule has 2 fully saturated rings. The number of nitrogens with zero attached hydrogens (tertiary/aromatic N) is 2. The van der Waals surface area contributed by atoms with Crippen LogP contribution in [0.3, 0.4) is 0 Å². The van der Waals surface area contributed by atoms with Gasteiger partial charge < -0.3 is 4.90 Å². The lowest BCUT2D eigenvalue weighted by molar-refractivity contribution is -0.134. The van der Waals surface area contributed by atoms with E-state index in [2.05, 4.69) is 43.6 Å². The Kier molecular flexibility index (Phi) is 8.45. The molecule has 2 aliphatic rings. The molecule has 1 aromatic rings. The summed E-state index contributed by atoms with van der Waals surface area (Å²) in [5.74, 6) is 0.481. The molecule has 0 bridgehead atoms. The SMILES string of the molecule is CC.CC(C)=CC(CC(C)(C)c1ccc(F)cc1)N1CCN(C(=O)C2CC2)CC1. The van der Waals surface area contributed by atoms with Crippen molar-refractivity contribution in [3.05, 3.63) is 47.3 Å². The predicted octanol–water partition coefficient (Wildman–Crippen LogP) is 5.41. The van der Waals surface area contributed by atoms with Crippen molar-refractivity contribution in [2.24, 2.45) is 5.92 Å². The van der Waals surface area contributed by atoms with E-state index in [1.165, 1.54) is 11.1 Å².